The summed E-state index contributed by atoms with van der Waals surface area (Å²) in [5.41, 5.74) is 7.96. The number of amides is 1. The second-order valence-electron chi connectivity index (χ2n) is 4.90. The monoisotopic (exact) mass is 232 g/mol. The van der Waals surface area contributed by atoms with E-state index in [-0.39, 0.29) is 11.9 Å². The summed E-state index contributed by atoms with van der Waals surface area (Å²) in [4.78, 5) is 14.1. The number of likely N-dealkylation sites (tertiary alicyclic amines) is 1. The Morgan fingerprint density at radius 3 is 2.47 bits per heavy atom. The van der Waals surface area contributed by atoms with E-state index in [2.05, 4.69) is 13.8 Å². The number of carbonyl (C=O) groups excluding carboxylic acids is 1. The van der Waals surface area contributed by atoms with Crippen LogP contribution in [-0.2, 0) is 6.42 Å². The van der Waals surface area contributed by atoms with Gasteiger partial charge in [-0.1, -0.05) is 26.0 Å². The molecule has 0 saturated carbocycles. The Morgan fingerprint density at radius 2 is 2.00 bits per heavy atom. The summed E-state index contributed by atoms with van der Waals surface area (Å²) in [6, 6.07) is 7.99. The molecule has 1 fully saturated rings. The molecule has 0 radical (unpaired) electrons. The van der Waals surface area contributed by atoms with E-state index < -0.39 is 0 Å². The zero-order chi connectivity index (χ0) is 12.4. The summed E-state index contributed by atoms with van der Waals surface area (Å²) in [6.45, 7) is 5.65. The Balaban J connectivity index is 2.09. The molecule has 2 rings (SSSR count). The van der Waals surface area contributed by atoms with Crippen LogP contribution in [0.4, 0.5) is 0 Å². The highest BCUT2D eigenvalue weighted by Crippen LogP contribution is 2.17. The third-order valence-electron chi connectivity index (χ3n) is 3.57. The summed E-state index contributed by atoms with van der Waals surface area (Å²) in [6.07, 6.45) is 1.00. The summed E-state index contributed by atoms with van der Waals surface area (Å²) >= 11 is 0. The van der Waals surface area contributed by atoms with Gasteiger partial charge < -0.3 is 10.6 Å². The summed E-state index contributed by atoms with van der Waals surface area (Å²) in [5, 5.41) is 0. The van der Waals surface area contributed by atoms with Gasteiger partial charge in [0.25, 0.3) is 5.91 Å². The van der Waals surface area contributed by atoms with Crippen molar-refractivity contribution >= 4 is 5.91 Å². The van der Waals surface area contributed by atoms with Crippen LogP contribution in [-0.4, -0.2) is 29.9 Å². The molecule has 0 aliphatic carbocycles. The molecule has 2 atom stereocenters. The van der Waals surface area contributed by atoms with Crippen LogP contribution < -0.4 is 5.73 Å². The average molecular weight is 232 g/mol. The topological polar surface area (TPSA) is 46.3 Å². The van der Waals surface area contributed by atoms with Crippen molar-refractivity contribution < 1.29 is 4.79 Å². The fourth-order valence-electron chi connectivity index (χ4n) is 2.22. The molecule has 17 heavy (non-hydrogen) atoms. The predicted octanol–water partition coefficient (Wildman–Crippen LogP) is 1.67. The highest BCUT2D eigenvalue weighted by atomic mass is 16.2. The van der Waals surface area contributed by atoms with Gasteiger partial charge in [-0.2, -0.15) is 0 Å². The van der Waals surface area contributed by atoms with Crippen LogP contribution in [0.15, 0.2) is 24.3 Å². The van der Waals surface area contributed by atoms with Crippen molar-refractivity contribution in [3.05, 3.63) is 35.4 Å². The van der Waals surface area contributed by atoms with Gasteiger partial charge in [0.1, 0.15) is 0 Å². The number of hydrogen-bond donors (Lipinski definition) is 1. The van der Waals surface area contributed by atoms with Crippen molar-refractivity contribution in [3.8, 4) is 0 Å². The van der Waals surface area contributed by atoms with Crippen molar-refractivity contribution in [3.63, 3.8) is 0 Å². The number of carbonyl (C=O) groups is 1. The number of benzene rings is 1. The SMILES string of the molecule is CCc1ccc(C(=O)N2CC(C)C(N)C2)cc1. The largest absolute Gasteiger partial charge is 0.337 e. The average Bonchev–Trinajstić information content (AvgIpc) is 2.69. The van der Waals surface area contributed by atoms with Gasteiger partial charge in [0, 0.05) is 24.7 Å². The standard InChI is InChI=1S/C14H20N2O/c1-3-11-4-6-12(7-5-11)14(17)16-8-10(2)13(15)9-16/h4-7,10,13H,3,8-9,15H2,1-2H3. The summed E-state index contributed by atoms with van der Waals surface area (Å²) < 4.78 is 0. The third-order valence-corrected chi connectivity index (χ3v) is 3.57. The van der Waals surface area contributed by atoms with Crippen LogP contribution in [0.2, 0.25) is 0 Å². The lowest BCUT2D eigenvalue weighted by atomic mass is 10.1. The molecule has 2 unspecified atom stereocenters. The summed E-state index contributed by atoms with van der Waals surface area (Å²) in [7, 11) is 0. The van der Waals surface area contributed by atoms with E-state index in [0.717, 1.165) is 18.5 Å². The molecule has 0 spiro atoms. The van der Waals surface area contributed by atoms with Crippen LogP contribution in [0.25, 0.3) is 0 Å². The molecule has 1 aromatic rings. The Morgan fingerprint density at radius 1 is 1.35 bits per heavy atom. The summed E-state index contributed by atoms with van der Waals surface area (Å²) in [5.74, 6) is 0.501. The quantitative estimate of drug-likeness (QED) is 0.843. The molecule has 1 saturated heterocycles. The van der Waals surface area contributed by atoms with E-state index >= 15 is 0 Å². The van der Waals surface area contributed by atoms with E-state index in [1.54, 1.807) is 0 Å². The van der Waals surface area contributed by atoms with Crippen molar-refractivity contribution in [2.24, 2.45) is 11.7 Å². The Bertz CT molecular complexity index is 389. The minimum absolute atomic E-state index is 0.104. The first-order valence-corrected chi connectivity index (χ1v) is 6.25. The van der Waals surface area contributed by atoms with Gasteiger partial charge >= 0.3 is 0 Å². The highest BCUT2D eigenvalue weighted by molar-refractivity contribution is 5.94. The minimum atomic E-state index is 0.104. The lowest BCUT2D eigenvalue weighted by Crippen LogP contribution is -2.32. The lowest BCUT2D eigenvalue weighted by Gasteiger charge is -2.16. The maximum Gasteiger partial charge on any atom is 0.253 e. The molecule has 2 N–H and O–H groups in total. The van der Waals surface area contributed by atoms with Gasteiger partial charge in [0.05, 0.1) is 0 Å². The fourth-order valence-corrected chi connectivity index (χ4v) is 2.22. The van der Waals surface area contributed by atoms with Crippen LogP contribution >= 0.6 is 0 Å². The molecule has 1 aromatic carbocycles. The number of aryl methyl sites for hydroxylation is 1. The van der Waals surface area contributed by atoms with Crippen LogP contribution in [0.5, 0.6) is 0 Å². The number of nitrogens with two attached hydrogens (primary N) is 1. The molecule has 0 bridgehead atoms. The first-order valence-electron chi connectivity index (χ1n) is 6.25. The highest BCUT2D eigenvalue weighted by Gasteiger charge is 2.30. The second kappa shape index (κ2) is 4.88. The van der Waals surface area contributed by atoms with E-state index in [1.807, 2.05) is 29.2 Å². The normalized spacial score (nSPS) is 24.1. The first-order chi connectivity index (χ1) is 8.11. The zero-order valence-corrected chi connectivity index (χ0v) is 10.5. The van der Waals surface area contributed by atoms with Crippen LogP contribution in [0.1, 0.15) is 29.8 Å². The van der Waals surface area contributed by atoms with Gasteiger partial charge in [-0.25, -0.2) is 0 Å². The first kappa shape index (κ1) is 12.1. The van der Waals surface area contributed by atoms with Crippen molar-refractivity contribution in [2.45, 2.75) is 26.3 Å². The third kappa shape index (κ3) is 2.50. The molecular weight excluding hydrogens is 212 g/mol. The lowest BCUT2D eigenvalue weighted by molar-refractivity contribution is 0.0787. The maximum absolute atomic E-state index is 12.2. The molecule has 3 nitrogen and oxygen atoms in total. The fraction of sp³-hybridized carbons (Fsp3) is 0.500. The van der Waals surface area contributed by atoms with E-state index in [4.69, 9.17) is 5.73 Å². The molecule has 1 amide bonds. The van der Waals surface area contributed by atoms with E-state index in [0.29, 0.717) is 12.5 Å². The molecule has 1 aliphatic rings. The molecule has 92 valence electrons. The van der Waals surface area contributed by atoms with Gasteiger partial charge in [-0.3, -0.25) is 4.79 Å². The number of hydrogen-bond acceptors (Lipinski definition) is 2. The van der Waals surface area contributed by atoms with E-state index in [9.17, 15) is 4.79 Å². The Labute approximate surface area is 103 Å². The van der Waals surface area contributed by atoms with E-state index in [1.165, 1.54) is 5.56 Å². The number of rotatable bonds is 2. The van der Waals surface area contributed by atoms with Crippen molar-refractivity contribution in [1.82, 2.24) is 4.90 Å². The maximum atomic E-state index is 12.2. The molecular formula is C14H20N2O. The van der Waals surface area contributed by atoms with Gasteiger partial charge in [-0.15, -0.1) is 0 Å². The Hall–Kier alpha value is -1.35. The number of nitrogens with zero attached hydrogens (tertiary/aromatic N) is 1. The van der Waals surface area contributed by atoms with Crippen LogP contribution in [0.3, 0.4) is 0 Å². The van der Waals surface area contributed by atoms with Gasteiger partial charge in [0.15, 0.2) is 0 Å². The minimum Gasteiger partial charge on any atom is -0.337 e. The Kier molecular flexibility index (Phi) is 3.48. The molecule has 1 heterocycles. The smallest absolute Gasteiger partial charge is 0.253 e. The van der Waals surface area contributed by atoms with Gasteiger partial charge in [0.2, 0.25) is 0 Å². The zero-order valence-electron chi connectivity index (χ0n) is 10.5. The predicted molar refractivity (Wildman–Crippen MR) is 68.9 cm³/mol. The second-order valence-corrected chi connectivity index (χ2v) is 4.90. The van der Waals surface area contributed by atoms with Crippen molar-refractivity contribution in [2.75, 3.05) is 13.1 Å². The molecule has 0 aromatic heterocycles. The molecule has 3 heteroatoms. The van der Waals surface area contributed by atoms with Crippen molar-refractivity contribution in [1.29, 1.82) is 0 Å². The van der Waals surface area contributed by atoms with Gasteiger partial charge in [-0.05, 0) is 30.0 Å². The molecule has 1 aliphatic heterocycles. The van der Waals surface area contributed by atoms with Crippen LogP contribution in [0, 0.1) is 5.92 Å².